The van der Waals surface area contributed by atoms with Crippen LogP contribution in [-0.2, 0) is 16.1 Å². The number of nitrogens with zero attached hydrogens (tertiary/aromatic N) is 2. The Morgan fingerprint density at radius 2 is 2.32 bits per heavy atom. The zero-order chi connectivity index (χ0) is 13.7. The van der Waals surface area contributed by atoms with Crippen molar-refractivity contribution in [2.75, 3.05) is 27.3 Å². The van der Waals surface area contributed by atoms with Crippen LogP contribution in [0.25, 0.3) is 0 Å². The van der Waals surface area contributed by atoms with E-state index < -0.39 is 0 Å². The monoisotopic (exact) mass is 264 g/mol. The fraction of sp³-hybridized carbons (Fsp3) is 0.571. The van der Waals surface area contributed by atoms with Gasteiger partial charge in [-0.15, -0.1) is 0 Å². The highest BCUT2D eigenvalue weighted by atomic mass is 16.5. The second-order valence-electron chi connectivity index (χ2n) is 4.77. The summed E-state index contributed by atoms with van der Waals surface area (Å²) >= 11 is 0. The minimum Gasteiger partial charge on any atom is -0.481 e. The van der Waals surface area contributed by atoms with Crippen molar-refractivity contribution in [1.82, 2.24) is 9.88 Å². The molecule has 0 radical (unpaired) electrons. The van der Waals surface area contributed by atoms with Crippen molar-refractivity contribution in [3.63, 3.8) is 0 Å². The van der Waals surface area contributed by atoms with Crippen LogP contribution in [0.4, 0.5) is 0 Å². The molecule has 0 N–H and O–H groups in total. The first kappa shape index (κ1) is 13.8. The van der Waals surface area contributed by atoms with E-state index in [2.05, 4.69) is 9.88 Å². The molecule has 1 aromatic heterocycles. The van der Waals surface area contributed by atoms with Crippen LogP contribution in [0.5, 0.6) is 5.88 Å². The Kier molecular flexibility index (Phi) is 4.74. The smallest absolute Gasteiger partial charge is 0.309 e. The third kappa shape index (κ3) is 3.67. The van der Waals surface area contributed by atoms with Crippen molar-refractivity contribution in [2.45, 2.75) is 19.4 Å². The number of ether oxygens (including phenoxy) is 2. The molecule has 1 aromatic rings. The molecule has 1 saturated heterocycles. The lowest BCUT2D eigenvalue weighted by Crippen LogP contribution is -2.38. The molecular formula is C14H20N2O3. The molecule has 0 saturated carbocycles. The summed E-state index contributed by atoms with van der Waals surface area (Å²) in [5, 5.41) is 0. The first-order valence-corrected chi connectivity index (χ1v) is 6.53. The Balaban J connectivity index is 1.96. The Morgan fingerprint density at radius 3 is 3.05 bits per heavy atom. The molecule has 1 fully saturated rings. The lowest BCUT2D eigenvalue weighted by molar-refractivity contribution is -0.147. The molecule has 5 heteroatoms. The maximum atomic E-state index is 11.6. The molecule has 1 aliphatic rings. The highest BCUT2D eigenvalue weighted by Gasteiger charge is 2.26. The van der Waals surface area contributed by atoms with Gasteiger partial charge in [0, 0.05) is 19.2 Å². The lowest BCUT2D eigenvalue weighted by atomic mass is 9.98. The number of carbonyl (C=O) groups is 1. The van der Waals surface area contributed by atoms with Crippen LogP contribution in [0.1, 0.15) is 18.5 Å². The topological polar surface area (TPSA) is 51.7 Å². The molecule has 0 amide bonds. The third-order valence-corrected chi connectivity index (χ3v) is 3.42. The summed E-state index contributed by atoms with van der Waals surface area (Å²) in [6, 6.07) is 5.74. The molecule has 2 rings (SSSR count). The van der Waals surface area contributed by atoms with Crippen LogP contribution in [0, 0.1) is 5.92 Å². The van der Waals surface area contributed by atoms with Gasteiger partial charge in [0.1, 0.15) is 0 Å². The van der Waals surface area contributed by atoms with E-state index in [1.807, 2.05) is 18.2 Å². The highest BCUT2D eigenvalue weighted by Crippen LogP contribution is 2.19. The zero-order valence-corrected chi connectivity index (χ0v) is 11.5. The fourth-order valence-corrected chi connectivity index (χ4v) is 2.45. The van der Waals surface area contributed by atoms with Gasteiger partial charge in [0.2, 0.25) is 5.88 Å². The largest absolute Gasteiger partial charge is 0.481 e. The van der Waals surface area contributed by atoms with Gasteiger partial charge >= 0.3 is 5.97 Å². The van der Waals surface area contributed by atoms with Crippen LogP contribution in [-0.4, -0.2) is 43.2 Å². The summed E-state index contributed by atoms with van der Waals surface area (Å²) in [5.74, 6) is 0.506. The van der Waals surface area contributed by atoms with Gasteiger partial charge in [-0.3, -0.25) is 9.69 Å². The van der Waals surface area contributed by atoms with E-state index in [9.17, 15) is 4.79 Å². The summed E-state index contributed by atoms with van der Waals surface area (Å²) in [4.78, 5) is 18.2. The molecule has 1 atom stereocenters. The van der Waals surface area contributed by atoms with Crippen molar-refractivity contribution in [3.05, 3.63) is 23.9 Å². The number of carbonyl (C=O) groups excluding carboxylic acids is 1. The summed E-state index contributed by atoms with van der Waals surface area (Å²) in [6.45, 7) is 2.47. The SMILES string of the molecule is COC(=O)C1CCCN(Cc2cccc(OC)n2)C1. The van der Waals surface area contributed by atoms with Gasteiger partial charge in [0.25, 0.3) is 0 Å². The second kappa shape index (κ2) is 6.52. The minimum atomic E-state index is -0.108. The number of likely N-dealkylation sites (tertiary alicyclic amines) is 1. The van der Waals surface area contributed by atoms with Crippen molar-refractivity contribution in [3.8, 4) is 5.88 Å². The normalized spacial score (nSPS) is 20.0. The summed E-state index contributed by atoms with van der Waals surface area (Å²) in [7, 11) is 3.06. The van der Waals surface area contributed by atoms with Crippen LogP contribution in [0.15, 0.2) is 18.2 Å². The van der Waals surface area contributed by atoms with E-state index >= 15 is 0 Å². The molecule has 5 nitrogen and oxygen atoms in total. The summed E-state index contributed by atoms with van der Waals surface area (Å²) in [6.07, 6.45) is 1.93. The standard InChI is InChI=1S/C14H20N2O3/c1-18-13-7-3-6-12(15-13)10-16-8-4-5-11(9-16)14(17)19-2/h3,6-7,11H,4-5,8-10H2,1-2H3. The Hall–Kier alpha value is -1.62. The van der Waals surface area contributed by atoms with E-state index in [0.717, 1.165) is 38.2 Å². The van der Waals surface area contributed by atoms with E-state index in [1.165, 1.54) is 7.11 Å². The van der Waals surface area contributed by atoms with Gasteiger partial charge in [0.15, 0.2) is 0 Å². The molecule has 2 heterocycles. The van der Waals surface area contributed by atoms with Gasteiger partial charge in [-0.25, -0.2) is 4.98 Å². The average molecular weight is 264 g/mol. The predicted molar refractivity (Wildman–Crippen MR) is 70.8 cm³/mol. The molecule has 0 aliphatic carbocycles. The molecule has 1 aliphatic heterocycles. The molecular weight excluding hydrogens is 244 g/mol. The lowest BCUT2D eigenvalue weighted by Gasteiger charge is -2.30. The number of esters is 1. The van der Waals surface area contributed by atoms with Crippen LogP contribution >= 0.6 is 0 Å². The van der Waals surface area contributed by atoms with Crippen LogP contribution in [0.2, 0.25) is 0 Å². The number of rotatable bonds is 4. The number of piperidine rings is 1. The Bertz CT molecular complexity index is 436. The van der Waals surface area contributed by atoms with E-state index in [0.29, 0.717) is 5.88 Å². The third-order valence-electron chi connectivity index (χ3n) is 3.42. The highest BCUT2D eigenvalue weighted by molar-refractivity contribution is 5.72. The van der Waals surface area contributed by atoms with Gasteiger partial charge in [0.05, 0.1) is 25.8 Å². The quantitative estimate of drug-likeness (QED) is 0.771. The maximum Gasteiger partial charge on any atom is 0.309 e. The molecule has 0 spiro atoms. The first-order chi connectivity index (χ1) is 9.22. The van der Waals surface area contributed by atoms with Crippen molar-refractivity contribution in [2.24, 2.45) is 5.92 Å². The van der Waals surface area contributed by atoms with Gasteiger partial charge in [-0.1, -0.05) is 6.07 Å². The minimum absolute atomic E-state index is 0.00985. The second-order valence-corrected chi connectivity index (χ2v) is 4.77. The number of hydrogen-bond donors (Lipinski definition) is 0. The van der Waals surface area contributed by atoms with Crippen molar-refractivity contribution < 1.29 is 14.3 Å². The molecule has 104 valence electrons. The van der Waals surface area contributed by atoms with Gasteiger partial charge < -0.3 is 9.47 Å². The number of pyridine rings is 1. The van der Waals surface area contributed by atoms with E-state index in [1.54, 1.807) is 7.11 Å². The average Bonchev–Trinajstić information content (AvgIpc) is 2.47. The summed E-state index contributed by atoms with van der Waals surface area (Å²) in [5.41, 5.74) is 0.963. The number of aromatic nitrogens is 1. The number of methoxy groups -OCH3 is 2. The molecule has 1 unspecified atom stereocenters. The number of hydrogen-bond acceptors (Lipinski definition) is 5. The van der Waals surface area contributed by atoms with Gasteiger partial charge in [-0.2, -0.15) is 0 Å². The molecule has 19 heavy (non-hydrogen) atoms. The van der Waals surface area contributed by atoms with Crippen LogP contribution in [0.3, 0.4) is 0 Å². The maximum absolute atomic E-state index is 11.6. The van der Waals surface area contributed by atoms with Crippen molar-refractivity contribution in [1.29, 1.82) is 0 Å². The fourth-order valence-electron chi connectivity index (χ4n) is 2.45. The zero-order valence-electron chi connectivity index (χ0n) is 11.5. The van der Waals surface area contributed by atoms with E-state index in [-0.39, 0.29) is 11.9 Å². The van der Waals surface area contributed by atoms with Crippen molar-refractivity contribution >= 4 is 5.97 Å². The Morgan fingerprint density at radius 1 is 1.47 bits per heavy atom. The molecule has 0 bridgehead atoms. The summed E-state index contributed by atoms with van der Waals surface area (Å²) < 4.78 is 9.94. The van der Waals surface area contributed by atoms with Crippen LogP contribution < -0.4 is 4.74 Å². The van der Waals surface area contributed by atoms with Gasteiger partial charge in [-0.05, 0) is 25.5 Å². The molecule has 0 aromatic carbocycles. The Labute approximate surface area is 113 Å². The van der Waals surface area contributed by atoms with E-state index in [4.69, 9.17) is 9.47 Å². The predicted octanol–water partition coefficient (Wildman–Crippen LogP) is 1.48. The first-order valence-electron chi connectivity index (χ1n) is 6.53.